The number of hydrogen-bond acceptors (Lipinski definition) is 3. The van der Waals surface area contributed by atoms with E-state index >= 15 is 0 Å². The van der Waals surface area contributed by atoms with Gasteiger partial charge in [-0.05, 0) is 26.6 Å². The predicted octanol–water partition coefficient (Wildman–Crippen LogP) is 2.15. The van der Waals surface area contributed by atoms with Gasteiger partial charge in [0.1, 0.15) is 0 Å². The van der Waals surface area contributed by atoms with Crippen molar-refractivity contribution in [2.75, 3.05) is 33.7 Å². The van der Waals surface area contributed by atoms with Gasteiger partial charge < -0.3 is 9.80 Å². The summed E-state index contributed by atoms with van der Waals surface area (Å²) >= 11 is 6.03. The second kappa shape index (κ2) is 7.34. The van der Waals surface area contributed by atoms with Gasteiger partial charge in [-0.3, -0.25) is 9.78 Å². The molecule has 5 heteroatoms. The highest BCUT2D eigenvalue weighted by Gasteiger charge is 2.17. The Morgan fingerprint density at radius 2 is 2.06 bits per heavy atom. The maximum atomic E-state index is 12.4. The van der Waals surface area contributed by atoms with Gasteiger partial charge in [0.25, 0.3) is 5.91 Å². The maximum Gasteiger partial charge on any atom is 0.256 e. The summed E-state index contributed by atoms with van der Waals surface area (Å²) < 4.78 is 0. The van der Waals surface area contributed by atoms with Crippen LogP contribution < -0.4 is 0 Å². The predicted molar refractivity (Wildman–Crippen MR) is 74.0 cm³/mol. The Bertz CT molecular complexity index is 396. The molecule has 0 aliphatic carbocycles. The van der Waals surface area contributed by atoms with Gasteiger partial charge in [-0.15, -0.1) is 0 Å². The molecule has 100 valence electrons. The van der Waals surface area contributed by atoms with Crippen molar-refractivity contribution in [2.45, 2.75) is 13.3 Å². The van der Waals surface area contributed by atoms with E-state index in [4.69, 9.17) is 11.6 Å². The first-order valence-corrected chi connectivity index (χ1v) is 6.47. The van der Waals surface area contributed by atoms with Crippen LogP contribution in [-0.2, 0) is 0 Å². The molecule has 0 bridgehead atoms. The highest BCUT2D eigenvalue weighted by Crippen LogP contribution is 2.16. The van der Waals surface area contributed by atoms with Gasteiger partial charge in [-0.2, -0.15) is 0 Å². The van der Waals surface area contributed by atoms with Gasteiger partial charge in [0.2, 0.25) is 0 Å². The molecule has 0 N–H and O–H groups in total. The van der Waals surface area contributed by atoms with E-state index in [1.165, 1.54) is 6.20 Å². The number of pyridine rings is 1. The van der Waals surface area contributed by atoms with Gasteiger partial charge in [0.15, 0.2) is 0 Å². The third kappa shape index (κ3) is 4.27. The number of amides is 1. The van der Waals surface area contributed by atoms with Gasteiger partial charge >= 0.3 is 0 Å². The Morgan fingerprint density at radius 1 is 1.33 bits per heavy atom. The van der Waals surface area contributed by atoms with Crippen molar-refractivity contribution in [2.24, 2.45) is 0 Å². The number of carbonyl (C=O) groups excluding carboxylic acids is 1. The highest BCUT2D eigenvalue weighted by atomic mass is 35.5. The van der Waals surface area contributed by atoms with E-state index in [0.29, 0.717) is 17.1 Å². The van der Waals surface area contributed by atoms with Crippen molar-refractivity contribution in [3.63, 3.8) is 0 Å². The largest absolute Gasteiger partial charge is 0.337 e. The SMILES string of the molecule is CCCN(CCN(C)C)C(=O)c1cnccc1Cl. The van der Waals surface area contributed by atoms with E-state index in [1.54, 1.807) is 12.3 Å². The van der Waals surface area contributed by atoms with Crippen LogP contribution in [0.1, 0.15) is 23.7 Å². The topological polar surface area (TPSA) is 36.4 Å². The second-order valence-corrected chi connectivity index (χ2v) is 4.86. The monoisotopic (exact) mass is 269 g/mol. The molecule has 0 saturated heterocycles. The smallest absolute Gasteiger partial charge is 0.256 e. The lowest BCUT2D eigenvalue weighted by Gasteiger charge is -2.24. The molecule has 0 unspecified atom stereocenters. The molecule has 1 aromatic rings. The van der Waals surface area contributed by atoms with Crippen LogP contribution in [0.4, 0.5) is 0 Å². The summed E-state index contributed by atoms with van der Waals surface area (Å²) in [5.74, 6) is -0.0446. The van der Waals surface area contributed by atoms with Crippen LogP contribution in [-0.4, -0.2) is 54.4 Å². The Kier molecular flexibility index (Phi) is 6.09. The fraction of sp³-hybridized carbons (Fsp3) is 0.538. The van der Waals surface area contributed by atoms with Crippen molar-refractivity contribution in [1.82, 2.24) is 14.8 Å². The first-order valence-electron chi connectivity index (χ1n) is 6.09. The number of nitrogens with zero attached hydrogens (tertiary/aromatic N) is 3. The van der Waals surface area contributed by atoms with Gasteiger partial charge in [0.05, 0.1) is 10.6 Å². The van der Waals surface area contributed by atoms with E-state index in [0.717, 1.165) is 19.5 Å². The van der Waals surface area contributed by atoms with Crippen LogP contribution in [0.25, 0.3) is 0 Å². The molecule has 4 nitrogen and oxygen atoms in total. The fourth-order valence-corrected chi connectivity index (χ4v) is 1.80. The van der Waals surface area contributed by atoms with Crippen LogP contribution in [0.15, 0.2) is 18.5 Å². The molecule has 0 fully saturated rings. The molecule has 0 spiro atoms. The molecular formula is C13H20ClN3O. The van der Waals surface area contributed by atoms with E-state index in [-0.39, 0.29) is 5.91 Å². The summed E-state index contributed by atoms with van der Waals surface area (Å²) in [4.78, 5) is 20.2. The standard InChI is InChI=1S/C13H20ClN3O/c1-4-7-17(9-8-16(2)3)13(18)11-10-15-6-5-12(11)14/h5-6,10H,4,7-9H2,1-3H3. The Balaban J connectivity index is 2.79. The van der Waals surface area contributed by atoms with Gasteiger partial charge in [-0.1, -0.05) is 18.5 Å². The molecule has 0 aliphatic heterocycles. The molecule has 1 heterocycles. The number of aromatic nitrogens is 1. The van der Waals surface area contributed by atoms with Crippen molar-refractivity contribution >= 4 is 17.5 Å². The third-order valence-electron chi connectivity index (χ3n) is 2.60. The second-order valence-electron chi connectivity index (χ2n) is 4.45. The van der Waals surface area contributed by atoms with E-state index in [1.807, 2.05) is 19.0 Å². The fourth-order valence-electron chi connectivity index (χ4n) is 1.61. The van der Waals surface area contributed by atoms with Crippen LogP contribution in [0, 0.1) is 0 Å². The average molecular weight is 270 g/mol. The van der Waals surface area contributed by atoms with E-state index in [9.17, 15) is 4.79 Å². The van der Waals surface area contributed by atoms with Crippen molar-refractivity contribution < 1.29 is 4.79 Å². The van der Waals surface area contributed by atoms with Gasteiger partial charge in [0, 0.05) is 32.0 Å². The summed E-state index contributed by atoms with van der Waals surface area (Å²) in [7, 11) is 3.98. The van der Waals surface area contributed by atoms with Crippen LogP contribution >= 0.6 is 11.6 Å². The molecule has 0 radical (unpaired) electrons. The van der Waals surface area contributed by atoms with Crippen molar-refractivity contribution in [1.29, 1.82) is 0 Å². The minimum atomic E-state index is -0.0446. The van der Waals surface area contributed by atoms with Crippen molar-refractivity contribution in [3.8, 4) is 0 Å². The molecular weight excluding hydrogens is 250 g/mol. The summed E-state index contributed by atoms with van der Waals surface area (Å²) in [5.41, 5.74) is 0.478. The molecule has 0 aromatic carbocycles. The molecule has 1 aromatic heterocycles. The minimum absolute atomic E-state index is 0.0446. The number of rotatable bonds is 6. The number of carbonyl (C=O) groups is 1. The lowest BCUT2D eigenvalue weighted by Crippen LogP contribution is -2.37. The Hall–Kier alpha value is -1.13. The molecule has 1 amide bonds. The molecule has 0 aliphatic rings. The minimum Gasteiger partial charge on any atom is -0.337 e. The van der Waals surface area contributed by atoms with E-state index in [2.05, 4.69) is 16.8 Å². The number of hydrogen-bond donors (Lipinski definition) is 0. The zero-order valence-electron chi connectivity index (χ0n) is 11.2. The summed E-state index contributed by atoms with van der Waals surface area (Å²) in [6.45, 7) is 4.33. The van der Waals surface area contributed by atoms with Gasteiger partial charge in [-0.25, -0.2) is 0 Å². The van der Waals surface area contributed by atoms with Crippen molar-refractivity contribution in [3.05, 3.63) is 29.0 Å². The lowest BCUT2D eigenvalue weighted by atomic mass is 10.2. The zero-order valence-corrected chi connectivity index (χ0v) is 11.9. The quantitative estimate of drug-likeness (QED) is 0.794. The molecule has 0 saturated carbocycles. The van der Waals surface area contributed by atoms with Crippen LogP contribution in [0.2, 0.25) is 5.02 Å². The molecule has 1 rings (SSSR count). The maximum absolute atomic E-state index is 12.4. The highest BCUT2D eigenvalue weighted by molar-refractivity contribution is 6.33. The Morgan fingerprint density at radius 3 is 2.61 bits per heavy atom. The van der Waals surface area contributed by atoms with Crippen LogP contribution in [0.5, 0.6) is 0 Å². The summed E-state index contributed by atoms with van der Waals surface area (Å²) in [6, 6.07) is 1.64. The molecule has 18 heavy (non-hydrogen) atoms. The Labute approximate surface area is 114 Å². The summed E-state index contributed by atoms with van der Waals surface area (Å²) in [5, 5.41) is 0.459. The first-order chi connectivity index (χ1) is 8.56. The lowest BCUT2D eigenvalue weighted by molar-refractivity contribution is 0.0744. The zero-order chi connectivity index (χ0) is 13.5. The molecule has 0 atom stereocenters. The normalized spacial score (nSPS) is 10.7. The average Bonchev–Trinajstić information content (AvgIpc) is 2.34. The first kappa shape index (κ1) is 14.9. The summed E-state index contributed by atoms with van der Waals surface area (Å²) in [6.07, 6.45) is 4.04. The van der Waals surface area contributed by atoms with E-state index < -0.39 is 0 Å². The van der Waals surface area contributed by atoms with Crippen LogP contribution in [0.3, 0.4) is 0 Å². The number of halogens is 1. The third-order valence-corrected chi connectivity index (χ3v) is 2.93. The number of likely N-dealkylation sites (N-methyl/N-ethyl adjacent to an activating group) is 1.